The molecule has 0 unspecified atom stereocenters. The molecular weight excluding hydrogens is 398 g/mol. The van der Waals surface area contributed by atoms with Crippen molar-refractivity contribution in [3.8, 4) is 5.75 Å². The first-order chi connectivity index (χ1) is 14.2. The van der Waals surface area contributed by atoms with Crippen molar-refractivity contribution < 1.29 is 23.2 Å². The van der Waals surface area contributed by atoms with Gasteiger partial charge in [0.2, 0.25) is 11.9 Å². The van der Waals surface area contributed by atoms with Crippen molar-refractivity contribution in [2.75, 3.05) is 22.2 Å². The molecule has 1 amide bonds. The minimum absolute atomic E-state index is 0.0272. The van der Waals surface area contributed by atoms with Crippen LogP contribution in [0.25, 0.3) is 0 Å². The lowest BCUT2D eigenvalue weighted by Crippen LogP contribution is -2.50. The van der Waals surface area contributed by atoms with Crippen LogP contribution in [-0.2, 0) is 11.3 Å². The molecule has 156 valence electrons. The van der Waals surface area contributed by atoms with E-state index in [0.29, 0.717) is 23.0 Å². The van der Waals surface area contributed by atoms with Crippen molar-refractivity contribution in [1.82, 2.24) is 15.1 Å². The number of aromatic hydroxyl groups is 1. The predicted molar refractivity (Wildman–Crippen MR) is 104 cm³/mol. The topological polar surface area (TPSA) is 108 Å². The van der Waals surface area contributed by atoms with Gasteiger partial charge in [-0.05, 0) is 13.8 Å². The summed E-state index contributed by atoms with van der Waals surface area (Å²) >= 11 is 0. The summed E-state index contributed by atoms with van der Waals surface area (Å²) in [4.78, 5) is 24.6. The molecule has 0 saturated heterocycles. The average Bonchev–Trinajstić information content (AvgIpc) is 3.12. The summed E-state index contributed by atoms with van der Waals surface area (Å²) in [7, 11) is 1.72. The van der Waals surface area contributed by atoms with Crippen LogP contribution in [0, 0.1) is 18.6 Å². The maximum Gasteiger partial charge on any atom is 0.250 e. The first-order valence-corrected chi connectivity index (χ1v) is 9.03. The average molecular weight is 416 g/mol. The van der Waals surface area contributed by atoms with Gasteiger partial charge in [-0.1, -0.05) is 5.16 Å². The van der Waals surface area contributed by atoms with Gasteiger partial charge in [0.25, 0.3) is 0 Å². The number of aromatic nitrogens is 3. The van der Waals surface area contributed by atoms with Crippen molar-refractivity contribution in [1.29, 1.82) is 0 Å². The van der Waals surface area contributed by atoms with Gasteiger partial charge in [-0.15, -0.1) is 0 Å². The van der Waals surface area contributed by atoms with E-state index in [1.165, 1.54) is 11.1 Å². The number of nitrogens with zero attached hydrogens (tertiary/aromatic N) is 5. The van der Waals surface area contributed by atoms with Crippen LogP contribution in [0.5, 0.6) is 5.75 Å². The molecule has 4 rings (SSSR count). The minimum atomic E-state index is -1.11. The molecule has 2 aromatic heterocycles. The zero-order valence-corrected chi connectivity index (χ0v) is 16.3. The third-order valence-electron chi connectivity index (χ3n) is 4.84. The number of rotatable bonds is 4. The molecule has 9 nitrogen and oxygen atoms in total. The largest absolute Gasteiger partial charge is 0.503 e. The van der Waals surface area contributed by atoms with E-state index in [4.69, 9.17) is 4.52 Å². The molecule has 0 saturated carbocycles. The normalized spacial score (nSPS) is 16.0. The summed E-state index contributed by atoms with van der Waals surface area (Å²) in [6.07, 6.45) is 1.45. The molecule has 0 spiro atoms. The SMILES string of the molecule is Cc1cc(CN2C(=O)[C@H](C)N(C)c3nc(Nc4cc(F)c(O)c(F)c4)ncc32)on1. The summed E-state index contributed by atoms with van der Waals surface area (Å²) in [5.41, 5.74) is 1.19. The maximum atomic E-state index is 13.6. The van der Waals surface area contributed by atoms with Crippen LogP contribution in [0.15, 0.2) is 28.9 Å². The lowest BCUT2D eigenvalue weighted by molar-refractivity contribution is -0.120. The van der Waals surface area contributed by atoms with Crippen LogP contribution in [0.4, 0.5) is 31.9 Å². The van der Waals surface area contributed by atoms with Crippen molar-refractivity contribution in [3.05, 3.63) is 47.5 Å². The Hall–Kier alpha value is -3.76. The molecule has 0 fully saturated rings. The number of phenols is 1. The number of anilines is 4. The zero-order chi connectivity index (χ0) is 21.6. The summed E-state index contributed by atoms with van der Waals surface area (Å²) in [5.74, 6) is -2.40. The number of benzene rings is 1. The zero-order valence-electron chi connectivity index (χ0n) is 16.3. The number of hydrogen-bond acceptors (Lipinski definition) is 8. The predicted octanol–water partition coefficient (Wildman–Crippen LogP) is 2.87. The van der Waals surface area contributed by atoms with E-state index in [1.807, 2.05) is 0 Å². The Labute approximate surface area is 169 Å². The third-order valence-corrected chi connectivity index (χ3v) is 4.84. The number of amides is 1. The van der Waals surface area contributed by atoms with E-state index in [-0.39, 0.29) is 24.1 Å². The molecule has 30 heavy (non-hydrogen) atoms. The number of fused-ring (bicyclic) bond motifs is 1. The number of carbonyl (C=O) groups is 1. The Morgan fingerprint density at radius 1 is 1.27 bits per heavy atom. The van der Waals surface area contributed by atoms with E-state index in [1.54, 1.807) is 31.9 Å². The molecule has 0 radical (unpaired) electrons. The van der Waals surface area contributed by atoms with Crippen molar-refractivity contribution in [3.63, 3.8) is 0 Å². The van der Waals surface area contributed by atoms with Gasteiger partial charge < -0.3 is 19.8 Å². The Bertz CT molecular complexity index is 1110. The van der Waals surface area contributed by atoms with Crippen molar-refractivity contribution >= 4 is 29.0 Å². The van der Waals surface area contributed by atoms with Gasteiger partial charge in [0, 0.05) is 30.9 Å². The second kappa shape index (κ2) is 7.25. The Balaban J connectivity index is 1.68. The van der Waals surface area contributed by atoms with Gasteiger partial charge in [-0.3, -0.25) is 9.69 Å². The van der Waals surface area contributed by atoms with Crippen molar-refractivity contribution in [2.24, 2.45) is 0 Å². The fraction of sp³-hybridized carbons (Fsp3) is 0.263. The smallest absolute Gasteiger partial charge is 0.250 e. The Kier molecular flexibility index (Phi) is 4.72. The van der Waals surface area contributed by atoms with Crippen LogP contribution in [0.3, 0.4) is 0 Å². The standard InChI is InChI=1S/C19H18F2N6O3/c1-9-4-12(30-25-9)8-27-15-7-22-19(24-17(15)26(3)10(2)18(27)29)23-11-5-13(20)16(28)14(21)6-11/h4-7,10,28H,8H2,1-3H3,(H,22,23,24)/t10-/m0/s1. The highest BCUT2D eigenvalue weighted by Crippen LogP contribution is 2.35. The first kappa shape index (κ1) is 19.6. The maximum absolute atomic E-state index is 13.6. The van der Waals surface area contributed by atoms with E-state index in [2.05, 4.69) is 20.4 Å². The number of hydrogen-bond donors (Lipinski definition) is 2. The van der Waals surface area contributed by atoms with Gasteiger partial charge >= 0.3 is 0 Å². The van der Waals surface area contributed by atoms with Gasteiger partial charge in [-0.2, -0.15) is 4.98 Å². The number of likely N-dealkylation sites (N-methyl/N-ethyl adjacent to an activating group) is 1. The summed E-state index contributed by atoms with van der Waals surface area (Å²) in [6.45, 7) is 3.69. The van der Waals surface area contributed by atoms with E-state index < -0.39 is 23.4 Å². The second-order valence-electron chi connectivity index (χ2n) is 6.96. The molecule has 3 heterocycles. The summed E-state index contributed by atoms with van der Waals surface area (Å²) in [6, 6.07) is 3.08. The van der Waals surface area contributed by atoms with E-state index >= 15 is 0 Å². The van der Waals surface area contributed by atoms with Gasteiger partial charge in [0.1, 0.15) is 11.7 Å². The molecule has 11 heteroatoms. The molecule has 0 bridgehead atoms. The molecule has 2 N–H and O–H groups in total. The number of halogens is 2. The first-order valence-electron chi connectivity index (χ1n) is 9.03. The molecule has 0 aliphatic carbocycles. The number of aryl methyl sites for hydroxylation is 1. The lowest BCUT2D eigenvalue weighted by Gasteiger charge is -2.38. The summed E-state index contributed by atoms with van der Waals surface area (Å²) < 4.78 is 32.4. The highest BCUT2D eigenvalue weighted by Gasteiger charge is 2.36. The quantitative estimate of drug-likeness (QED) is 0.625. The summed E-state index contributed by atoms with van der Waals surface area (Å²) in [5, 5.41) is 15.8. The molecule has 1 aliphatic heterocycles. The van der Waals surface area contributed by atoms with E-state index in [0.717, 1.165) is 12.1 Å². The molecule has 1 aliphatic rings. The minimum Gasteiger partial charge on any atom is -0.503 e. The molecule has 1 aromatic carbocycles. The lowest BCUT2D eigenvalue weighted by atomic mass is 10.1. The molecule has 1 atom stereocenters. The fourth-order valence-corrected chi connectivity index (χ4v) is 3.15. The van der Waals surface area contributed by atoms with Crippen LogP contribution in [0.1, 0.15) is 18.4 Å². The van der Waals surface area contributed by atoms with Crippen LogP contribution < -0.4 is 15.1 Å². The molecule has 3 aromatic rings. The van der Waals surface area contributed by atoms with Gasteiger partial charge in [0.05, 0.1) is 18.4 Å². The number of phenolic OH excluding ortho intramolecular Hbond substituents is 1. The highest BCUT2D eigenvalue weighted by atomic mass is 19.1. The van der Waals surface area contributed by atoms with Crippen molar-refractivity contribution in [2.45, 2.75) is 26.4 Å². The third kappa shape index (κ3) is 3.38. The highest BCUT2D eigenvalue weighted by molar-refractivity contribution is 6.04. The van der Waals surface area contributed by atoms with Gasteiger partial charge in [0.15, 0.2) is 29.0 Å². The van der Waals surface area contributed by atoms with E-state index in [9.17, 15) is 18.7 Å². The molecular formula is C19H18F2N6O3. The Morgan fingerprint density at radius 3 is 2.60 bits per heavy atom. The van der Waals surface area contributed by atoms with Crippen LogP contribution >= 0.6 is 0 Å². The second-order valence-corrected chi connectivity index (χ2v) is 6.96. The van der Waals surface area contributed by atoms with Gasteiger partial charge in [-0.25, -0.2) is 13.8 Å². The fourth-order valence-electron chi connectivity index (χ4n) is 3.15. The Morgan fingerprint density at radius 2 is 1.97 bits per heavy atom. The monoisotopic (exact) mass is 416 g/mol. The number of carbonyl (C=O) groups excluding carboxylic acids is 1. The van der Waals surface area contributed by atoms with Crippen LogP contribution in [-0.4, -0.2) is 39.2 Å². The van der Waals surface area contributed by atoms with Crippen LogP contribution in [0.2, 0.25) is 0 Å². The number of nitrogens with one attached hydrogen (secondary N) is 1.